The van der Waals surface area contributed by atoms with Gasteiger partial charge >= 0.3 is 0 Å². The first-order chi connectivity index (χ1) is 7.56. The van der Waals surface area contributed by atoms with E-state index in [1.807, 2.05) is 0 Å². The lowest BCUT2D eigenvalue weighted by molar-refractivity contribution is -0.384. The number of nitro groups is 1. The van der Waals surface area contributed by atoms with E-state index in [1.54, 1.807) is 0 Å². The van der Waals surface area contributed by atoms with Crippen molar-refractivity contribution in [3.63, 3.8) is 0 Å². The second kappa shape index (κ2) is 4.05. The number of nitro benzene ring substituents is 1. The van der Waals surface area contributed by atoms with Crippen molar-refractivity contribution < 1.29 is 14.4 Å². The van der Waals surface area contributed by atoms with Crippen molar-refractivity contribution in [1.82, 2.24) is 0 Å². The van der Waals surface area contributed by atoms with Crippen molar-refractivity contribution in [1.29, 1.82) is 0 Å². The lowest BCUT2D eigenvalue weighted by atomic mass is 9.89. The van der Waals surface area contributed by atoms with Crippen LogP contribution in [0.25, 0.3) is 0 Å². The third-order valence-electron chi connectivity index (χ3n) is 2.63. The smallest absolute Gasteiger partial charge is 0.295 e. The van der Waals surface area contributed by atoms with Crippen LogP contribution in [0, 0.1) is 15.9 Å². The summed E-state index contributed by atoms with van der Waals surface area (Å²) in [7, 11) is 0. The number of nitrogens with one attached hydrogen (secondary N) is 1. The summed E-state index contributed by atoms with van der Waals surface area (Å²) in [5, 5.41) is 22.7. The molecule has 1 aromatic carbocycles. The number of anilines is 1. The van der Waals surface area contributed by atoms with Crippen LogP contribution in [0.3, 0.4) is 0 Å². The summed E-state index contributed by atoms with van der Waals surface area (Å²) in [5.74, 6) is -0.633. The van der Waals surface area contributed by atoms with E-state index in [1.165, 1.54) is 12.1 Å². The summed E-state index contributed by atoms with van der Waals surface area (Å²) in [4.78, 5) is 10.1. The average molecular weight is 226 g/mol. The van der Waals surface area contributed by atoms with E-state index in [0.29, 0.717) is 18.5 Å². The third kappa shape index (κ3) is 2.11. The summed E-state index contributed by atoms with van der Waals surface area (Å²) in [5.41, 5.74) is 0.0182. The van der Waals surface area contributed by atoms with Crippen LogP contribution in [0.2, 0.25) is 0 Å². The maximum Gasteiger partial charge on any atom is 0.295 e. The molecule has 6 heteroatoms. The Morgan fingerprint density at radius 2 is 2.19 bits per heavy atom. The molecule has 1 aromatic rings. The number of benzene rings is 1. The first-order valence-corrected chi connectivity index (χ1v) is 4.95. The molecule has 1 saturated carbocycles. The van der Waals surface area contributed by atoms with Gasteiger partial charge in [0.1, 0.15) is 11.5 Å². The first-order valence-electron chi connectivity index (χ1n) is 4.95. The van der Waals surface area contributed by atoms with Crippen molar-refractivity contribution in [2.75, 3.05) is 5.32 Å². The van der Waals surface area contributed by atoms with Gasteiger partial charge in [-0.2, -0.15) is 0 Å². The lowest BCUT2D eigenvalue weighted by Gasteiger charge is -2.32. The molecule has 0 spiro atoms. The molecule has 86 valence electrons. The summed E-state index contributed by atoms with van der Waals surface area (Å²) in [6.45, 7) is 0. The molecule has 0 heterocycles. The number of rotatable bonds is 3. The predicted octanol–water partition coefficient (Wildman–Crippen LogP) is 1.67. The Kier molecular flexibility index (Phi) is 2.74. The average Bonchev–Trinajstić information content (AvgIpc) is 2.17. The molecule has 2 N–H and O–H groups in total. The zero-order valence-corrected chi connectivity index (χ0v) is 8.39. The van der Waals surface area contributed by atoms with Gasteiger partial charge in [0, 0.05) is 6.04 Å². The number of hydrogen-bond acceptors (Lipinski definition) is 4. The van der Waals surface area contributed by atoms with E-state index in [9.17, 15) is 14.5 Å². The van der Waals surface area contributed by atoms with Crippen molar-refractivity contribution >= 4 is 11.4 Å². The van der Waals surface area contributed by atoms with Crippen molar-refractivity contribution in [2.24, 2.45) is 0 Å². The van der Waals surface area contributed by atoms with Gasteiger partial charge in [-0.15, -0.1) is 0 Å². The first kappa shape index (κ1) is 10.8. The monoisotopic (exact) mass is 226 g/mol. The van der Waals surface area contributed by atoms with Crippen molar-refractivity contribution in [3.05, 3.63) is 34.1 Å². The third-order valence-corrected chi connectivity index (χ3v) is 2.63. The van der Waals surface area contributed by atoms with Gasteiger partial charge in [-0.3, -0.25) is 10.1 Å². The number of aliphatic hydroxyl groups is 1. The van der Waals surface area contributed by atoms with E-state index in [0.717, 1.165) is 6.07 Å². The van der Waals surface area contributed by atoms with Crippen LogP contribution in [0.15, 0.2) is 18.2 Å². The van der Waals surface area contributed by atoms with Gasteiger partial charge in [0.15, 0.2) is 0 Å². The van der Waals surface area contributed by atoms with Crippen LogP contribution in [0.1, 0.15) is 12.8 Å². The molecule has 0 aromatic heterocycles. The van der Waals surface area contributed by atoms with Crippen molar-refractivity contribution in [2.45, 2.75) is 25.0 Å². The minimum atomic E-state index is -0.633. The Bertz CT molecular complexity index is 419. The molecule has 0 radical (unpaired) electrons. The molecule has 0 unspecified atom stereocenters. The Morgan fingerprint density at radius 3 is 2.75 bits per heavy atom. The molecule has 0 saturated heterocycles. The minimum absolute atomic E-state index is 0.0270. The molecular weight excluding hydrogens is 215 g/mol. The second-order valence-electron chi connectivity index (χ2n) is 3.89. The molecule has 1 fully saturated rings. The van der Waals surface area contributed by atoms with Crippen LogP contribution < -0.4 is 5.32 Å². The highest BCUT2D eigenvalue weighted by Gasteiger charge is 2.28. The predicted molar refractivity (Wildman–Crippen MR) is 55.7 cm³/mol. The maximum absolute atomic E-state index is 12.8. The largest absolute Gasteiger partial charge is 0.393 e. The molecule has 1 aliphatic carbocycles. The van der Waals surface area contributed by atoms with Crippen LogP contribution >= 0.6 is 0 Å². The van der Waals surface area contributed by atoms with Gasteiger partial charge in [-0.25, -0.2) is 4.39 Å². The molecule has 1 aliphatic rings. The minimum Gasteiger partial charge on any atom is -0.393 e. The Morgan fingerprint density at radius 1 is 1.50 bits per heavy atom. The molecule has 5 nitrogen and oxygen atoms in total. The van der Waals surface area contributed by atoms with E-state index in [2.05, 4.69) is 5.32 Å². The SMILES string of the molecule is O=[N+]([O-])c1cc(F)ccc1NC1CC(O)C1. The Hall–Kier alpha value is -1.69. The van der Waals surface area contributed by atoms with Gasteiger partial charge in [0.05, 0.1) is 17.1 Å². The molecular formula is C10H11FN2O3. The molecule has 0 bridgehead atoms. The molecule has 0 atom stereocenters. The number of halogens is 1. The lowest BCUT2D eigenvalue weighted by Crippen LogP contribution is -2.39. The number of hydrogen-bond donors (Lipinski definition) is 2. The van der Waals surface area contributed by atoms with Crippen molar-refractivity contribution in [3.8, 4) is 0 Å². The maximum atomic E-state index is 12.8. The highest BCUT2D eigenvalue weighted by atomic mass is 19.1. The van der Waals surface area contributed by atoms with Crippen LogP contribution in [0.4, 0.5) is 15.8 Å². The highest BCUT2D eigenvalue weighted by molar-refractivity contribution is 5.62. The standard InChI is InChI=1S/C10H11FN2O3/c11-6-1-2-9(10(3-6)13(15)16)12-7-4-8(14)5-7/h1-3,7-8,12,14H,4-5H2. The second-order valence-corrected chi connectivity index (χ2v) is 3.89. The molecule has 0 aliphatic heterocycles. The fourth-order valence-corrected chi connectivity index (χ4v) is 1.70. The number of nitrogens with zero attached hydrogens (tertiary/aromatic N) is 1. The van der Waals surface area contributed by atoms with Crippen LogP contribution in [-0.2, 0) is 0 Å². The van der Waals surface area contributed by atoms with Gasteiger partial charge in [0.25, 0.3) is 5.69 Å². The molecule has 16 heavy (non-hydrogen) atoms. The summed E-state index contributed by atoms with van der Waals surface area (Å²) in [6.07, 6.45) is 0.792. The fourth-order valence-electron chi connectivity index (χ4n) is 1.70. The van der Waals surface area contributed by atoms with Crippen LogP contribution in [0.5, 0.6) is 0 Å². The van der Waals surface area contributed by atoms with E-state index in [-0.39, 0.29) is 17.8 Å². The van der Waals surface area contributed by atoms with E-state index in [4.69, 9.17) is 5.11 Å². The topological polar surface area (TPSA) is 75.4 Å². The fraction of sp³-hybridized carbons (Fsp3) is 0.400. The van der Waals surface area contributed by atoms with Gasteiger partial charge in [-0.1, -0.05) is 0 Å². The van der Waals surface area contributed by atoms with Gasteiger partial charge in [-0.05, 0) is 25.0 Å². The zero-order valence-electron chi connectivity index (χ0n) is 8.39. The quantitative estimate of drug-likeness (QED) is 0.607. The van der Waals surface area contributed by atoms with E-state index >= 15 is 0 Å². The zero-order chi connectivity index (χ0) is 11.7. The van der Waals surface area contributed by atoms with Gasteiger partial charge < -0.3 is 10.4 Å². The summed E-state index contributed by atoms with van der Waals surface area (Å²) in [6, 6.07) is 3.43. The highest BCUT2D eigenvalue weighted by Crippen LogP contribution is 2.30. The molecule has 0 amide bonds. The van der Waals surface area contributed by atoms with Gasteiger partial charge in [0.2, 0.25) is 0 Å². The van der Waals surface area contributed by atoms with Crippen LogP contribution in [-0.4, -0.2) is 22.2 Å². The summed E-state index contributed by atoms with van der Waals surface area (Å²) < 4.78 is 12.8. The Labute approximate surface area is 91.0 Å². The molecule has 2 rings (SSSR count). The summed E-state index contributed by atoms with van der Waals surface area (Å²) >= 11 is 0. The normalized spacial score (nSPS) is 23.6. The van der Waals surface area contributed by atoms with E-state index < -0.39 is 10.7 Å². The number of aliphatic hydroxyl groups excluding tert-OH is 1. The Balaban J connectivity index is 2.16.